The molecule has 4 aromatic rings. The normalized spacial score (nSPS) is 11.0. The summed E-state index contributed by atoms with van der Waals surface area (Å²) in [6.07, 6.45) is 2.39. The van der Waals surface area contributed by atoms with Crippen molar-refractivity contribution in [3.63, 3.8) is 0 Å². The number of nitrogens with zero attached hydrogens (tertiary/aromatic N) is 2. The molecule has 0 fully saturated rings. The predicted molar refractivity (Wildman–Crippen MR) is 150 cm³/mol. The van der Waals surface area contributed by atoms with Gasteiger partial charge in [-0.1, -0.05) is 20.4 Å². The molecule has 0 bridgehead atoms. The van der Waals surface area contributed by atoms with Gasteiger partial charge in [0.25, 0.3) is 0 Å². The molecule has 4 N–H and O–H groups in total. The molecule has 234 valence electrons. The Bertz CT molecular complexity index is 1670. The van der Waals surface area contributed by atoms with Crippen LogP contribution in [-0.2, 0) is 0 Å². The van der Waals surface area contributed by atoms with Gasteiger partial charge in [0, 0.05) is 52.5 Å². The van der Waals surface area contributed by atoms with Gasteiger partial charge in [0.15, 0.2) is 23.1 Å². The number of ether oxygens (including phenoxy) is 2. The van der Waals surface area contributed by atoms with Gasteiger partial charge in [-0.3, -0.25) is 0 Å². The van der Waals surface area contributed by atoms with E-state index in [1.54, 1.807) is 13.8 Å². The largest absolute Gasteiger partial charge is 0.432 e. The lowest BCUT2D eigenvalue weighted by atomic mass is 9.94. The van der Waals surface area contributed by atoms with Crippen LogP contribution in [0.3, 0.4) is 0 Å². The van der Waals surface area contributed by atoms with E-state index in [0.717, 1.165) is 24.3 Å². The third-order valence-electron chi connectivity index (χ3n) is 6.09. The topological polar surface area (TPSA) is 96.3 Å². The van der Waals surface area contributed by atoms with Crippen LogP contribution in [0.15, 0.2) is 55.4 Å². The van der Waals surface area contributed by atoms with Crippen molar-refractivity contribution in [2.24, 2.45) is 0 Å². The van der Waals surface area contributed by atoms with Gasteiger partial charge in [-0.25, -0.2) is 18.7 Å². The smallest absolute Gasteiger partial charge is 0.387 e. The highest BCUT2D eigenvalue weighted by atomic mass is 19.3. The fourth-order valence-electron chi connectivity index (χ4n) is 4.28. The SMILES string of the molecule is C=C(C)c1c(N)c(-c2ccnc(F)c2)cc(OC(F)F)c1F.CC(C)c1c(N)c(-c2ccnc(F)c2)cc(OC(F)F)c1F. The lowest BCUT2D eigenvalue weighted by Crippen LogP contribution is -2.09. The van der Waals surface area contributed by atoms with E-state index in [1.807, 2.05) is 0 Å². The molecule has 0 aliphatic carbocycles. The third kappa shape index (κ3) is 7.74. The first-order chi connectivity index (χ1) is 20.6. The second kappa shape index (κ2) is 14.1. The molecule has 44 heavy (non-hydrogen) atoms. The Morgan fingerprint density at radius 3 is 1.55 bits per heavy atom. The van der Waals surface area contributed by atoms with Crippen LogP contribution in [0, 0.1) is 23.5 Å². The second-order valence-electron chi connectivity index (χ2n) is 9.52. The van der Waals surface area contributed by atoms with E-state index < -0.39 is 48.3 Å². The molecule has 0 aliphatic heterocycles. The molecule has 2 aromatic heterocycles. The summed E-state index contributed by atoms with van der Waals surface area (Å²) in [6.45, 7) is 1.98. The summed E-state index contributed by atoms with van der Waals surface area (Å²) < 4.78 is 113. The minimum Gasteiger partial charge on any atom is -0.432 e. The number of pyridine rings is 2. The lowest BCUT2D eigenvalue weighted by molar-refractivity contribution is -0.0528. The number of alkyl halides is 4. The first kappa shape index (κ1) is 33.6. The molecule has 4 rings (SSSR count). The van der Waals surface area contributed by atoms with Crippen molar-refractivity contribution in [1.29, 1.82) is 0 Å². The Kier molecular flexibility index (Phi) is 10.7. The van der Waals surface area contributed by atoms with Crippen LogP contribution in [0.2, 0.25) is 0 Å². The van der Waals surface area contributed by atoms with Crippen LogP contribution in [0.5, 0.6) is 11.5 Å². The standard InChI is InChI=1S/C15H14F4N2O.C15H12F4N2O/c2*1-7(2)12-13(17)10(22-15(18)19)6-9(14(12)20)8-3-4-21-11(16)5-8/h3-7,15H,20H2,1-2H3;3-6,15H,1,20H2,2H3. The van der Waals surface area contributed by atoms with Gasteiger partial charge in [-0.05, 0) is 53.8 Å². The fraction of sp³-hybridized carbons (Fsp3) is 0.200. The summed E-state index contributed by atoms with van der Waals surface area (Å²) in [5, 5.41) is 0. The molecule has 0 saturated heterocycles. The Hall–Kier alpha value is -4.88. The summed E-state index contributed by atoms with van der Waals surface area (Å²) >= 11 is 0. The van der Waals surface area contributed by atoms with E-state index in [-0.39, 0.29) is 50.7 Å². The number of rotatable bonds is 8. The molecule has 2 heterocycles. The minimum absolute atomic E-state index is 0.0442. The van der Waals surface area contributed by atoms with Crippen LogP contribution in [0.25, 0.3) is 27.8 Å². The molecule has 0 atom stereocenters. The molecular formula is C30H26F8N4O2. The van der Waals surface area contributed by atoms with Gasteiger partial charge >= 0.3 is 13.2 Å². The van der Waals surface area contributed by atoms with Crippen molar-refractivity contribution in [1.82, 2.24) is 9.97 Å². The van der Waals surface area contributed by atoms with Crippen LogP contribution >= 0.6 is 0 Å². The minimum atomic E-state index is -3.21. The van der Waals surface area contributed by atoms with Crippen molar-refractivity contribution >= 4 is 16.9 Å². The first-order valence-corrected chi connectivity index (χ1v) is 12.6. The van der Waals surface area contributed by atoms with E-state index in [4.69, 9.17) is 11.5 Å². The average Bonchev–Trinajstić information content (AvgIpc) is 2.91. The summed E-state index contributed by atoms with van der Waals surface area (Å²) in [7, 11) is 0. The number of anilines is 2. The molecule has 0 unspecified atom stereocenters. The molecule has 0 spiro atoms. The van der Waals surface area contributed by atoms with Crippen molar-refractivity contribution in [3.8, 4) is 33.8 Å². The summed E-state index contributed by atoms with van der Waals surface area (Å²) in [5.41, 5.74) is 12.9. The van der Waals surface area contributed by atoms with Crippen molar-refractivity contribution in [2.75, 3.05) is 11.5 Å². The molecule has 0 amide bonds. The quantitative estimate of drug-likeness (QED) is 0.116. The number of hydrogen-bond donors (Lipinski definition) is 2. The van der Waals surface area contributed by atoms with E-state index in [1.165, 1.54) is 31.5 Å². The van der Waals surface area contributed by atoms with Gasteiger partial charge in [0.1, 0.15) is 0 Å². The van der Waals surface area contributed by atoms with Gasteiger partial charge in [0.05, 0.1) is 5.69 Å². The van der Waals surface area contributed by atoms with Crippen molar-refractivity contribution < 1.29 is 44.6 Å². The highest BCUT2D eigenvalue weighted by Crippen LogP contribution is 2.41. The van der Waals surface area contributed by atoms with E-state index in [2.05, 4.69) is 26.0 Å². The number of aromatic nitrogens is 2. The molecule has 0 radical (unpaired) electrons. The van der Waals surface area contributed by atoms with E-state index in [0.29, 0.717) is 5.56 Å². The van der Waals surface area contributed by atoms with E-state index in [9.17, 15) is 35.1 Å². The number of benzene rings is 2. The number of allylic oxidation sites excluding steroid dienone is 1. The molecular weight excluding hydrogens is 600 g/mol. The summed E-state index contributed by atoms with van der Waals surface area (Å²) in [6, 6.07) is 7.04. The summed E-state index contributed by atoms with van der Waals surface area (Å²) in [4.78, 5) is 6.80. The lowest BCUT2D eigenvalue weighted by Gasteiger charge is -2.18. The van der Waals surface area contributed by atoms with Crippen LogP contribution in [-0.4, -0.2) is 23.2 Å². The number of nitrogens with two attached hydrogens (primary N) is 2. The Labute approximate surface area is 247 Å². The van der Waals surface area contributed by atoms with Gasteiger partial charge in [-0.15, -0.1) is 0 Å². The number of nitrogen functional groups attached to an aromatic ring is 2. The Morgan fingerprint density at radius 1 is 0.727 bits per heavy atom. The summed E-state index contributed by atoms with van der Waals surface area (Å²) in [5.74, 6) is -5.20. The van der Waals surface area contributed by atoms with Gasteiger partial charge in [0.2, 0.25) is 11.9 Å². The molecule has 2 aromatic carbocycles. The van der Waals surface area contributed by atoms with Gasteiger partial charge in [-0.2, -0.15) is 26.3 Å². The average molecular weight is 627 g/mol. The highest BCUT2D eigenvalue weighted by molar-refractivity contribution is 5.87. The maximum absolute atomic E-state index is 14.3. The highest BCUT2D eigenvalue weighted by Gasteiger charge is 2.23. The van der Waals surface area contributed by atoms with Crippen molar-refractivity contribution in [3.05, 3.63) is 90.0 Å². The van der Waals surface area contributed by atoms with Crippen LogP contribution in [0.4, 0.5) is 46.5 Å². The Balaban J connectivity index is 0.000000240. The Morgan fingerprint density at radius 2 is 1.16 bits per heavy atom. The maximum Gasteiger partial charge on any atom is 0.387 e. The zero-order valence-electron chi connectivity index (χ0n) is 23.4. The van der Waals surface area contributed by atoms with E-state index >= 15 is 0 Å². The van der Waals surface area contributed by atoms with Crippen LogP contribution < -0.4 is 20.9 Å². The second-order valence-corrected chi connectivity index (χ2v) is 9.52. The zero-order chi connectivity index (χ0) is 32.9. The van der Waals surface area contributed by atoms with Crippen LogP contribution in [0.1, 0.15) is 37.8 Å². The first-order valence-electron chi connectivity index (χ1n) is 12.6. The third-order valence-corrected chi connectivity index (χ3v) is 6.09. The molecule has 0 aliphatic rings. The number of hydrogen-bond acceptors (Lipinski definition) is 6. The molecule has 14 heteroatoms. The molecule has 0 saturated carbocycles. The monoisotopic (exact) mass is 626 g/mol. The molecule has 6 nitrogen and oxygen atoms in total. The number of halogens is 8. The zero-order valence-corrected chi connectivity index (χ0v) is 23.4. The van der Waals surface area contributed by atoms with Crippen molar-refractivity contribution in [2.45, 2.75) is 39.9 Å². The predicted octanol–water partition coefficient (Wildman–Crippen LogP) is 8.58. The fourth-order valence-corrected chi connectivity index (χ4v) is 4.28. The van der Waals surface area contributed by atoms with Gasteiger partial charge < -0.3 is 20.9 Å². The maximum atomic E-state index is 14.3.